The molecule has 0 atom stereocenters. The minimum atomic E-state index is 0.0114. The average Bonchev–Trinajstić information content (AvgIpc) is 2.26. The molecule has 78 valence electrons. The van der Waals surface area contributed by atoms with E-state index in [4.69, 9.17) is 0 Å². The molecule has 1 heteroatoms. The molecule has 0 N–H and O–H groups in total. The lowest BCUT2D eigenvalue weighted by Crippen LogP contribution is -1.98. The predicted molar refractivity (Wildman–Crippen MR) is 62.5 cm³/mol. The highest BCUT2D eigenvalue weighted by Gasteiger charge is 1.97. The van der Waals surface area contributed by atoms with Crippen LogP contribution < -0.4 is 0 Å². The largest absolute Gasteiger partial charge is 0.285 e. The fourth-order valence-electron chi connectivity index (χ4n) is 1.25. The quantitative estimate of drug-likeness (QED) is 0.415. The highest BCUT2D eigenvalue weighted by atomic mass is 16.1. The zero-order chi connectivity index (χ0) is 10.9. The van der Waals surface area contributed by atoms with Gasteiger partial charge in [-0.15, -0.1) is 0 Å². The van der Waals surface area contributed by atoms with Gasteiger partial charge in [0.15, 0.2) is 0 Å². The number of carbonyl (C=O) groups excluding carboxylic acids is 1. The molecule has 0 amide bonds. The van der Waals surface area contributed by atoms with Crippen LogP contribution in [0.5, 0.6) is 0 Å². The summed E-state index contributed by atoms with van der Waals surface area (Å²) >= 11 is 0. The van der Waals surface area contributed by atoms with Crippen molar-refractivity contribution in [1.82, 2.24) is 0 Å². The van der Waals surface area contributed by atoms with Crippen molar-refractivity contribution >= 4 is 5.78 Å². The summed E-state index contributed by atoms with van der Waals surface area (Å²) in [6.07, 6.45) is 3.46. The second kappa shape index (κ2) is 6.84. The molecule has 1 rings (SSSR count). The van der Waals surface area contributed by atoms with E-state index < -0.39 is 0 Å². The first-order valence-electron chi connectivity index (χ1n) is 5.38. The molecular weight excluding hydrogens is 184 g/mol. The van der Waals surface area contributed by atoms with Gasteiger partial charge in [-0.05, 0) is 17.9 Å². The number of hydrogen-bond donors (Lipinski definition) is 0. The van der Waals surface area contributed by atoms with E-state index in [0.717, 1.165) is 24.8 Å². The van der Waals surface area contributed by atoms with E-state index in [2.05, 4.69) is 18.8 Å². The molecule has 1 aromatic carbocycles. The normalized spacial score (nSPS) is 9.13. The molecule has 0 spiro atoms. The lowest BCUT2D eigenvalue weighted by molar-refractivity contribution is -0.113. The highest BCUT2D eigenvalue weighted by Crippen LogP contribution is 1.99. The van der Waals surface area contributed by atoms with Crippen LogP contribution in [0.25, 0.3) is 0 Å². The van der Waals surface area contributed by atoms with E-state index in [-0.39, 0.29) is 5.78 Å². The molecule has 0 unspecified atom stereocenters. The smallest absolute Gasteiger partial charge is 0.209 e. The van der Waals surface area contributed by atoms with Crippen LogP contribution in [0.1, 0.15) is 31.7 Å². The van der Waals surface area contributed by atoms with Crippen LogP contribution in [-0.2, 0) is 11.2 Å². The first-order chi connectivity index (χ1) is 7.33. The lowest BCUT2D eigenvalue weighted by atomic mass is 10.1. The Morgan fingerprint density at radius 1 is 1.27 bits per heavy atom. The van der Waals surface area contributed by atoms with Crippen molar-refractivity contribution in [3.63, 3.8) is 0 Å². The molecule has 0 heterocycles. The minimum Gasteiger partial charge on any atom is -0.285 e. The van der Waals surface area contributed by atoms with Gasteiger partial charge in [-0.2, -0.15) is 0 Å². The number of unbranched alkanes of at least 4 members (excludes halogenated alkanes) is 2. The van der Waals surface area contributed by atoms with Gasteiger partial charge in [0.05, 0.1) is 0 Å². The SMILES string of the molecule is CCCCC#CC(=O)Cc1ccccc1. The van der Waals surface area contributed by atoms with E-state index in [1.165, 1.54) is 0 Å². The Bertz CT molecular complexity index is 354. The summed E-state index contributed by atoms with van der Waals surface area (Å²) in [7, 11) is 0. The van der Waals surface area contributed by atoms with Gasteiger partial charge >= 0.3 is 0 Å². The molecule has 1 aromatic rings. The van der Waals surface area contributed by atoms with E-state index in [0.29, 0.717) is 6.42 Å². The molecule has 0 aliphatic heterocycles. The summed E-state index contributed by atoms with van der Waals surface area (Å²) in [5, 5.41) is 0. The summed E-state index contributed by atoms with van der Waals surface area (Å²) in [5.74, 6) is 5.60. The maximum Gasteiger partial charge on any atom is 0.209 e. The maximum absolute atomic E-state index is 11.4. The van der Waals surface area contributed by atoms with Gasteiger partial charge in [0, 0.05) is 12.8 Å². The molecule has 0 aromatic heterocycles. The van der Waals surface area contributed by atoms with Gasteiger partial charge < -0.3 is 0 Å². The van der Waals surface area contributed by atoms with E-state index in [9.17, 15) is 4.79 Å². The van der Waals surface area contributed by atoms with Gasteiger partial charge in [-0.25, -0.2) is 0 Å². The van der Waals surface area contributed by atoms with Crippen molar-refractivity contribution in [1.29, 1.82) is 0 Å². The number of Topliss-reactive ketones (excluding diaryl/α,β-unsaturated/α-hetero) is 1. The molecule has 1 nitrogen and oxygen atoms in total. The van der Waals surface area contributed by atoms with Gasteiger partial charge in [0.2, 0.25) is 5.78 Å². The number of ketones is 1. The molecule has 15 heavy (non-hydrogen) atoms. The third-order valence-corrected chi connectivity index (χ3v) is 2.09. The zero-order valence-electron chi connectivity index (χ0n) is 9.12. The Balaban J connectivity index is 2.38. The van der Waals surface area contributed by atoms with Gasteiger partial charge in [0.1, 0.15) is 0 Å². The summed E-state index contributed by atoms with van der Waals surface area (Å²) in [5.41, 5.74) is 1.03. The molecule has 0 radical (unpaired) electrons. The van der Waals surface area contributed by atoms with Crippen LogP contribution in [-0.4, -0.2) is 5.78 Å². The second-order valence-corrected chi connectivity index (χ2v) is 3.49. The Labute approximate surface area is 91.5 Å². The average molecular weight is 200 g/mol. The summed E-state index contributed by atoms with van der Waals surface area (Å²) < 4.78 is 0. The van der Waals surface area contributed by atoms with Crippen LogP contribution in [0.3, 0.4) is 0 Å². The Hall–Kier alpha value is -1.55. The van der Waals surface area contributed by atoms with Gasteiger partial charge in [-0.3, -0.25) is 4.79 Å². The third kappa shape index (κ3) is 5.02. The molecule has 0 aliphatic carbocycles. The third-order valence-electron chi connectivity index (χ3n) is 2.09. The van der Waals surface area contributed by atoms with E-state index in [1.807, 2.05) is 30.3 Å². The predicted octanol–water partition coefficient (Wildman–Crippen LogP) is 2.99. The number of rotatable bonds is 4. The first kappa shape index (κ1) is 11.5. The fraction of sp³-hybridized carbons (Fsp3) is 0.357. The lowest BCUT2D eigenvalue weighted by Gasteiger charge is -1.94. The van der Waals surface area contributed by atoms with Crippen LogP contribution in [0.4, 0.5) is 0 Å². The van der Waals surface area contributed by atoms with Crippen molar-refractivity contribution in [2.24, 2.45) is 0 Å². The topological polar surface area (TPSA) is 17.1 Å². The molecular formula is C14H16O. The van der Waals surface area contributed by atoms with Gasteiger partial charge in [-0.1, -0.05) is 49.6 Å². The fourth-order valence-corrected chi connectivity index (χ4v) is 1.25. The van der Waals surface area contributed by atoms with E-state index >= 15 is 0 Å². The van der Waals surface area contributed by atoms with Crippen LogP contribution >= 0.6 is 0 Å². The molecule has 0 aliphatic rings. The second-order valence-electron chi connectivity index (χ2n) is 3.49. The first-order valence-corrected chi connectivity index (χ1v) is 5.38. The molecule has 0 saturated carbocycles. The van der Waals surface area contributed by atoms with Crippen LogP contribution in [0, 0.1) is 11.8 Å². The monoisotopic (exact) mass is 200 g/mol. The van der Waals surface area contributed by atoms with Crippen molar-refractivity contribution in [2.75, 3.05) is 0 Å². The van der Waals surface area contributed by atoms with Crippen LogP contribution in [0.2, 0.25) is 0 Å². The molecule has 0 saturated heterocycles. The standard InChI is InChI=1S/C14H16O/c1-2-3-4-8-11-14(15)12-13-9-6-5-7-10-13/h5-7,9-10H,2-4,12H2,1H3. The van der Waals surface area contributed by atoms with Crippen molar-refractivity contribution < 1.29 is 4.79 Å². The Morgan fingerprint density at radius 2 is 2.00 bits per heavy atom. The van der Waals surface area contributed by atoms with Gasteiger partial charge in [0.25, 0.3) is 0 Å². The van der Waals surface area contributed by atoms with Crippen molar-refractivity contribution in [3.8, 4) is 11.8 Å². The zero-order valence-corrected chi connectivity index (χ0v) is 9.12. The van der Waals surface area contributed by atoms with Crippen molar-refractivity contribution in [2.45, 2.75) is 32.6 Å². The number of hydrogen-bond acceptors (Lipinski definition) is 1. The number of carbonyl (C=O) groups is 1. The summed E-state index contributed by atoms with van der Waals surface area (Å²) in [4.78, 5) is 11.4. The maximum atomic E-state index is 11.4. The highest BCUT2D eigenvalue weighted by molar-refractivity contribution is 5.96. The van der Waals surface area contributed by atoms with E-state index in [1.54, 1.807) is 0 Å². The summed E-state index contributed by atoms with van der Waals surface area (Å²) in [6, 6.07) is 9.72. The van der Waals surface area contributed by atoms with Crippen molar-refractivity contribution in [3.05, 3.63) is 35.9 Å². The molecule has 0 fully saturated rings. The summed E-state index contributed by atoms with van der Waals surface area (Å²) in [6.45, 7) is 2.12. The Morgan fingerprint density at radius 3 is 2.67 bits per heavy atom. The Kier molecular flexibility index (Phi) is 5.25. The molecule has 0 bridgehead atoms. The minimum absolute atomic E-state index is 0.0114. The number of benzene rings is 1. The van der Waals surface area contributed by atoms with Crippen LogP contribution in [0.15, 0.2) is 30.3 Å².